The Labute approximate surface area is 99.1 Å². The first-order valence-corrected chi connectivity index (χ1v) is 5.45. The number of aryl methyl sites for hydroxylation is 1. The van der Waals surface area contributed by atoms with E-state index >= 15 is 0 Å². The first-order chi connectivity index (χ1) is 8.13. The van der Waals surface area contributed by atoms with Crippen molar-refractivity contribution >= 4 is 16.8 Å². The van der Waals surface area contributed by atoms with Crippen molar-refractivity contribution in [3.63, 3.8) is 0 Å². The number of rotatable bonds is 3. The number of aromatic amines is 1. The summed E-state index contributed by atoms with van der Waals surface area (Å²) < 4.78 is 0. The number of amides is 1. The third-order valence-corrected chi connectivity index (χ3v) is 2.88. The van der Waals surface area contributed by atoms with Crippen LogP contribution in [0, 0.1) is 6.92 Å². The van der Waals surface area contributed by atoms with Gasteiger partial charge < -0.3 is 10.7 Å². The molecule has 17 heavy (non-hydrogen) atoms. The molecule has 0 spiro atoms. The molecule has 0 aliphatic heterocycles. The average molecular weight is 232 g/mol. The zero-order chi connectivity index (χ0) is 12.4. The summed E-state index contributed by atoms with van der Waals surface area (Å²) in [6, 6.07) is 7.54. The van der Waals surface area contributed by atoms with Gasteiger partial charge >= 0.3 is 0 Å². The molecule has 1 heterocycles. The molecule has 0 saturated carbocycles. The number of benzene rings is 1. The minimum Gasteiger partial charge on any atom is -0.358 e. The van der Waals surface area contributed by atoms with E-state index in [-0.39, 0.29) is 18.4 Å². The maximum absolute atomic E-state index is 11.2. The lowest BCUT2D eigenvalue weighted by molar-refractivity contribution is -0.121. The summed E-state index contributed by atoms with van der Waals surface area (Å²) in [5, 5.41) is 1.06. The van der Waals surface area contributed by atoms with Crippen molar-refractivity contribution in [2.45, 2.75) is 19.4 Å². The largest absolute Gasteiger partial charge is 0.358 e. The molecule has 90 valence electrons. The molecule has 1 unspecified atom stereocenters. The fourth-order valence-corrected chi connectivity index (χ4v) is 2.14. The van der Waals surface area contributed by atoms with Crippen LogP contribution < -0.4 is 17.0 Å². The number of H-pyrrole nitrogens is 1. The summed E-state index contributed by atoms with van der Waals surface area (Å²) >= 11 is 0. The molecule has 1 atom stereocenters. The van der Waals surface area contributed by atoms with Crippen molar-refractivity contribution in [2.75, 3.05) is 0 Å². The number of hydrazine groups is 1. The third kappa shape index (κ3) is 2.15. The number of nitrogens with two attached hydrogens (primary N) is 2. The second kappa shape index (κ2) is 4.57. The molecule has 1 aromatic carbocycles. The lowest BCUT2D eigenvalue weighted by Gasteiger charge is -2.11. The number of carbonyl (C=O) groups is 1. The van der Waals surface area contributed by atoms with Gasteiger partial charge in [0, 0.05) is 29.1 Å². The lowest BCUT2D eigenvalue weighted by atomic mass is 10.0. The smallest absolute Gasteiger partial charge is 0.235 e. The number of hydrogen-bond acceptors (Lipinski definition) is 3. The van der Waals surface area contributed by atoms with Crippen molar-refractivity contribution < 1.29 is 4.79 Å². The van der Waals surface area contributed by atoms with E-state index < -0.39 is 0 Å². The molecule has 5 nitrogen and oxygen atoms in total. The van der Waals surface area contributed by atoms with Crippen LogP contribution in [0.25, 0.3) is 10.9 Å². The molecule has 1 amide bonds. The highest BCUT2D eigenvalue weighted by atomic mass is 16.2. The third-order valence-electron chi connectivity index (χ3n) is 2.88. The van der Waals surface area contributed by atoms with Crippen LogP contribution in [0.15, 0.2) is 24.3 Å². The number of hydrogen-bond donors (Lipinski definition) is 4. The van der Waals surface area contributed by atoms with Crippen molar-refractivity contribution in [1.82, 2.24) is 10.4 Å². The van der Waals surface area contributed by atoms with E-state index in [0.29, 0.717) is 0 Å². The van der Waals surface area contributed by atoms with E-state index in [4.69, 9.17) is 11.6 Å². The summed E-state index contributed by atoms with van der Waals surface area (Å²) in [4.78, 5) is 14.5. The minimum absolute atomic E-state index is 0.180. The van der Waals surface area contributed by atoms with Gasteiger partial charge in [0.2, 0.25) is 5.91 Å². The van der Waals surface area contributed by atoms with E-state index in [1.54, 1.807) is 0 Å². The first-order valence-electron chi connectivity index (χ1n) is 5.45. The standard InChI is InChI=1S/C12H16N4O/c1-7-12(9(13)6-11(17)16-14)8-4-2-3-5-10(8)15-7/h2-5,9,15H,6,13-14H2,1H3,(H,16,17). The Hall–Kier alpha value is -1.85. The molecule has 6 N–H and O–H groups in total. The zero-order valence-corrected chi connectivity index (χ0v) is 9.66. The number of para-hydroxylation sites is 1. The van der Waals surface area contributed by atoms with Crippen molar-refractivity contribution in [3.8, 4) is 0 Å². The lowest BCUT2D eigenvalue weighted by Crippen LogP contribution is -2.32. The van der Waals surface area contributed by atoms with Crippen LogP contribution >= 0.6 is 0 Å². The summed E-state index contributed by atoms with van der Waals surface area (Å²) in [6.45, 7) is 1.95. The Morgan fingerprint density at radius 2 is 2.18 bits per heavy atom. The van der Waals surface area contributed by atoms with E-state index in [1.807, 2.05) is 31.2 Å². The Balaban J connectivity index is 2.40. The van der Waals surface area contributed by atoms with Crippen molar-refractivity contribution in [1.29, 1.82) is 0 Å². The molecule has 0 aliphatic rings. The summed E-state index contributed by atoms with van der Waals surface area (Å²) in [7, 11) is 0. The van der Waals surface area contributed by atoms with E-state index in [0.717, 1.165) is 22.2 Å². The van der Waals surface area contributed by atoms with Crippen LogP contribution in [-0.2, 0) is 4.79 Å². The van der Waals surface area contributed by atoms with Crippen LogP contribution in [0.2, 0.25) is 0 Å². The van der Waals surface area contributed by atoms with Gasteiger partial charge in [-0.05, 0) is 18.6 Å². The van der Waals surface area contributed by atoms with E-state index in [9.17, 15) is 4.79 Å². The second-order valence-corrected chi connectivity index (χ2v) is 4.09. The van der Waals surface area contributed by atoms with Gasteiger partial charge in [0.15, 0.2) is 0 Å². The van der Waals surface area contributed by atoms with Crippen molar-refractivity contribution in [2.24, 2.45) is 11.6 Å². The summed E-state index contributed by atoms with van der Waals surface area (Å²) in [5.74, 6) is 4.80. The van der Waals surface area contributed by atoms with Crippen LogP contribution in [0.4, 0.5) is 0 Å². The Kier molecular flexibility index (Phi) is 3.12. The normalized spacial score (nSPS) is 12.6. The Morgan fingerprint density at radius 3 is 2.88 bits per heavy atom. The van der Waals surface area contributed by atoms with Gasteiger partial charge in [-0.2, -0.15) is 0 Å². The molecule has 5 heteroatoms. The SMILES string of the molecule is Cc1[nH]c2ccccc2c1C(N)CC(=O)NN. The summed E-state index contributed by atoms with van der Waals surface area (Å²) in [5.41, 5.74) is 11.1. The minimum atomic E-state index is -0.352. The molecular formula is C12H16N4O. The topological polar surface area (TPSA) is 96.9 Å². The van der Waals surface area contributed by atoms with Gasteiger partial charge in [-0.3, -0.25) is 10.2 Å². The first kappa shape index (κ1) is 11.6. The molecule has 2 rings (SSSR count). The van der Waals surface area contributed by atoms with Gasteiger partial charge in [-0.25, -0.2) is 5.84 Å². The van der Waals surface area contributed by atoms with E-state index in [2.05, 4.69) is 10.4 Å². The van der Waals surface area contributed by atoms with Gasteiger partial charge in [-0.1, -0.05) is 18.2 Å². The quantitative estimate of drug-likeness (QED) is 0.359. The number of carbonyl (C=O) groups excluding carboxylic acids is 1. The predicted octanol–water partition coefficient (Wildman–Crippen LogP) is 0.856. The highest BCUT2D eigenvalue weighted by Gasteiger charge is 2.17. The van der Waals surface area contributed by atoms with Gasteiger partial charge in [0.1, 0.15) is 0 Å². The Morgan fingerprint density at radius 1 is 1.47 bits per heavy atom. The van der Waals surface area contributed by atoms with Crippen LogP contribution in [0.3, 0.4) is 0 Å². The highest BCUT2D eigenvalue weighted by Crippen LogP contribution is 2.27. The molecular weight excluding hydrogens is 216 g/mol. The maximum atomic E-state index is 11.2. The van der Waals surface area contributed by atoms with Crippen LogP contribution in [0.1, 0.15) is 23.7 Å². The molecule has 0 radical (unpaired) electrons. The monoisotopic (exact) mass is 232 g/mol. The van der Waals surface area contributed by atoms with Gasteiger partial charge in [-0.15, -0.1) is 0 Å². The van der Waals surface area contributed by atoms with Crippen LogP contribution in [-0.4, -0.2) is 10.9 Å². The number of aromatic nitrogens is 1. The molecule has 2 aromatic rings. The highest BCUT2D eigenvalue weighted by molar-refractivity contribution is 5.86. The zero-order valence-electron chi connectivity index (χ0n) is 9.66. The fourth-order valence-electron chi connectivity index (χ4n) is 2.14. The molecule has 0 bridgehead atoms. The Bertz CT molecular complexity index is 546. The second-order valence-electron chi connectivity index (χ2n) is 4.09. The number of nitrogens with one attached hydrogen (secondary N) is 2. The molecule has 0 fully saturated rings. The maximum Gasteiger partial charge on any atom is 0.235 e. The molecule has 0 aliphatic carbocycles. The van der Waals surface area contributed by atoms with Gasteiger partial charge in [0.05, 0.1) is 0 Å². The average Bonchev–Trinajstić information content (AvgIpc) is 2.64. The van der Waals surface area contributed by atoms with Crippen molar-refractivity contribution in [3.05, 3.63) is 35.5 Å². The van der Waals surface area contributed by atoms with Crippen LogP contribution in [0.5, 0.6) is 0 Å². The summed E-state index contributed by atoms with van der Waals surface area (Å²) in [6.07, 6.45) is 0.180. The number of fused-ring (bicyclic) bond motifs is 1. The van der Waals surface area contributed by atoms with E-state index in [1.165, 1.54) is 0 Å². The molecule has 1 aromatic heterocycles. The predicted molar refractivity (Wildman–Crippen MR) is 66.9 cm³/mol. The molecule has 0 saturated heterocycles. The fraction of sp³-hybridized carbons (Fsp3) is 0.250. The van der Waals surface area contributed by atoms with Gasteiger partial charge in [0.25, 0.3) is 0 Å².